The highest BCUT2D eigenvalue weighted by Gasteiger charge is 2.19. The first-order valence-electron chi connectivity index (χ1n) is 8.93. The van der Waals surface area contributed by atoms with E-state index < -0.39 is 10.0 Å². The predicted octanol–water partition coefficient (Wildman–Crippen LogP) is 5.56. The van der Waals surface area contributed by atoms with E-state index >= 15 is 0 Å². The number of primary sulfonamides is 1. The molecule has 0 fully saturated rings. The fourth-order valence-electron chi connectivity index (χ4n) is 3.30. The highest BCUT2D eigenvalue weighted by molar-refractivity contribution is 7.89. The van der Waals surface area contributed by atoms with Crippen LogP contribution in [0, 0.1) is 0 Å². The van der Waals surface area contributed by atoms with E-state index in [1.807, 2.05) is 12.1 Å². The molecule has 3 aromatic carbocycles. The summed E-state index contributed by atoms with van der Waals surface area (Å²) in [5.74, 6) is 0.322. The molecule has 9 heteroatoms. The Bertz CT molecular complexity index is 1460. The summed E-state index contributed by atoms with van der Waals surface area (Å²) in [7, 11) is -2.37. The summed E-state index contributed by atoms with van der Waals surface area (Å²) in [6, 6.07) is 16.6. The minimum Gasteiger partial charge on any atom is -0.494 e. The second-order valence-corrected chi connectivity index (χ2v) is 10.1. The maximum Gasteiger partial charge on any atom is 0.238 e. The molecule has 4 rings (SSSR count). The van der Waals surface area contributed by atoms with E-state index in [2.05, 4.69) is 0 Å². The summed E-state index contributed by atoms with van der Waals surface area (Å²) in [5.41, 5.74) is 1.43. The van der Waals surface area contributed by atoms with Crippen LogP contribution >= 0.6 is 34.5 Å². The lowest BCUT2D eigenvalue weighted by atomic mass is 10.00. The van der Waals surface area contributed by atoms with Crippen LogP contribution in [0.15, 0.2) is 70.4 Å². The molecule has 2 N–H and O–H groups in total. The van der Waals surface area contributed by atoms with Crippen LogP contribution in [0.25, 0.3) is 31.7 Å². The van der Waals surface area contributed by atoms with E-state index in [4.69, 9.17) is 33.1 Å². The predicted molar refractivity (Wildman–Crippen MR) is 127 cm³/mol. The molecule has 1 heterocycles. The topological polar surface area (TPSA) is 86.5 Å². The SMILES string of the molecule is COc1c(Cl)cc(-c2c(-c3ccc(S(N)(=O)=O)cc3)sc3ccccc3c2=O)cc1Cl. The van der Waals surface area contributed by atoms with Crippen molar-refractivity contribution in [1.82, 2.24) is 0 Å². The zero-order valence-electron chi connectivity index (χ0n) is 16.1. The zero-order chi connectivity index (χ0) is 22.3. The first-order valence-corrected chi connectivity index (χ1v) is 12.0. The number of fused-ring (bicyclic) bond motifs is 1. The first-order chi connectivity index (χ1) is 14.7. The van der Waals surface area contributed by atoms with Gasteiger partial charge in [0.05, 0.1) is 22.1 Å². The van der Waals surface area contributed by atoms with Gasteiger partial charge in [-0.05, 0) is 47.5 Å². The van der Waals surface area contributed by atoms with Crippen LogP contribution in [-0.4, -0.2) is 15.5 Å². The summed E-state index contributed by atoms with van der Waals surface area (Å²) < 4.78 is 29.3. The van der Waals surface area contributed by atoms with E-state index in [9.17, 15) is 13.2 Å². The van der Waals surface area contributed by atoms with Gasteiger partial charge in [0.1, 0.15) is 0 Å². The van der Waals surface area contributed by atoms with Gasteiger partial charge in [0.15, 0.2) is 11.2 Å². The standard InChI is InChI=1S/C22H15Cl2NO4S2/c1-29-21-16(23)10-13(11-17(21)24)19-20(26)15-4-2-3-5-18(15)30-22(19)12-6-8-14(9-7-12)31(25,27)28/h2-11H,1H3,(H2,25,27,28). The normalized spacial score (nSPS) is 11.6. The summed E-state index contributed by atoms with van der Waals surface area (Å²) >= 11 is 14.1. The van der Waals surface area contributed by atoms with E-state index in [0.29, 0.717) is 32.7 Å². The van der Waals surface area contributed by atoms with Crippen molar-refractivity contribution in [1.29, 1.82) is 0 Å². The van der Waals surface area contributed by atoms with Crippen molar-refractivity contribution < 1.29 is 13.2 Å². The molecular weight excluding hydrogens is 477 g/mol. The number of hydrogen-bond donors (Lipinski definition) is 1. The molecule has 0 bridgehead atoms. The number of rotatable bonds is 4. The Labute approximate surface area is 192 Å². The van der Waals surface area contributed by atoms with Crippen LogP contribution in [0.4, 0.5) is 0 Å². The monoisotopic (exact) mass is 491 g/mol. The van der Waals surface area contributed by atoms with Gasteiger partial charge in [-0.1, -0.05) is 47.5 Å². The second-order valence-electron chi connectivity index (χ2n) is 6.67. The van der Waals surface area contributed by atoms with E-state index in [0.717, 1.165) is 4.70 Å². The van der Waals surface area contributed by atoms with Crippen molar-refractivity contribution in [3.05, 3.63) is 80.9 Å². The van der Waals surface area contributed by atoms with Crippen molar-refractivity contribution in [2.45, 2.75) is 4.90 Å². The van der Waals surface area contributed by atoms with Gasteiger partial charge in [-0.3, -0.25) is 4.79 Å². The number of ether oxygens (including phenoxy) is 1. The summed E-state index contributed by atoms with van der Waals surface area (Å²) in [6.07, 6.45) is 0. The molecule has 5 nitrogen and oxygen atoms in total. The lowest BCUT2D eigenvalue weighted by molar-refractivity contribution is 0.415. The van der Waals surface area contributed by atoms with Crippen molar-refractivity contribution in [3.63, 3.8) is 0 Å². The van der Waals surface area contributed by atoms with Crippen LogP contribution in [-0.2, 0) is 10.0 Å². The third-order valence-electron chi connectivity index (χ3n) is 4.73. The number of halogens is 2. The first kappa shape index (κ1) is 21.8. The van der Waals surface area contributed by atoms with Gasteiger partial charge in [-0.25, -0.2) is 13.6 Å². The van der Waals surface area contributed by atoms with Gasteiger partial charge in [-0.2, -0.15) is 0 Å². The molecule has 31 heavy (non-hydrogen) atoms. The molecule has 0 aliphatic heterocycles. The van der Waals surface area contributed by atoms with Gasteiger partial charge in [-0.15, -0.1) is 11.3 Å². The van der Waals surface area contributed by atoms with E-state index in [1.54, 1.807) is 36.4 Å². The van der Waals surface area contributed by atoms with Gasteiger partial charge in [0.2, 0.25) is 10.0 Å². The zero-order valence-corrected chi connectivity index (χ0v) is 19.2. The van der Waals surface area contributed by atoms with Gasteiger partial charge in [0, 0.05) is 20.5 Å². The fraction of sp³-hybridized carbons (Fsp3) is 0.0455. The Kier molecular flexibility index (Phi) is 5.81. The van der Waals surface area contributed by atoms with E-state index in [-0.39, 0.29) is 20.4 Å². The largest absolute Gasteiger partial charge is 0.494 e. The molecule has 0 saturated carbocycles. The minimum atomic E-state index is -3.83. The maximum atomic E-state index is 13.5. The average molecular weight is 492 g/mol. The molecular formula is C22H15Cl2NO4S2. The van der Waals surface area contributed by atoms with Crippen molar-refractivity contribution in [2.24, 2.45) is 5.14 Å². The highest BCUT2D eigenvalue weighted by atomic mass is 35.5. The molecule has 0 unspecified atom stereocenters. The van der Waals surface area contributed by atoms with Gasteiger partial charge >= 0.3 is 0 Å². The Balaban J connectivity index is 2.05. The molecule has 0 aliphatic rings. The third-order valence-corrected chi connectivity index (χ3v) is 7.44. The van der Waals surface area contributed by atoms with Crippen molar-refractivity contribution in [2.75, 3.05) is 7.11 Å². The maximum absolute atomic E-state index is 13.5. The van der Waals surface area contributed by atoms with Crippen LogP contribution in [0.5, 0.6) is 5.75 Å². The molecule has 0 amide bonds. The van der Waals surface area contributed by atoms with Gasteiger partial charge in [0.25, 0.3) is 0 Å². The lowest BCUT2D eigenvalue weighted by Crippen LogP contribution is -2.11. The lowest BCUT2D eigenvalue weighted by Gasteiger charge is -2.13. The number of nitrogens with two attached hydrogens (primary N) is 1. The Hall–Kier alpha value is -2.42. The molecule has 4 aromatic rings. The summed E-state index contributed by atoms with van der Waals surface area (Å²) in [6.45, 7) is 0. The fourth-order valence-corrected chi connectivity index (χ4v) is 5.66. The number of benzene rings is 3. The highest BCUT2D eigenvalue weighted by Crippen LogP contribution is 2.41. The molecule has 158 valence electrons. The second kappa shape index (κ2) is 8.26. The molecule has 1 aromatic heterocycles. The van der Waals surface area contributed by atoms with Gasteiger partial charge < -0.3 is 4.74 Å². The van der Waals surface area contributed by atoms with Crippen LogP contribution in [0.2, 0.25) is 10.0 Å². The van der Waals surface area contributed by atoms with Crippen molar-refractivity contribution >= 4 is 54.6 Å². The molecule has 0 aliphatic carbocycles. The summed E-state index contributed by atoms with van der Waals surface area (Å²) in [4.78, 5) is 14.1. The summed E-state index contributed by atoms with van der Waals surface area (Å²) in [5, 5.41) is 6.33. The minimum absolute atomic E-state index is 0.0125. The Morgan fingerprint density at radius 1 is 0.935 bits per heavy atom. The smallest absolute Gasteiger partial charge is 0.238 e. The van der Waals surface area contributed by atoms with Crippen LogP contribution in [0.1, 0.15) is 0 Å². The number of sulfonamides is 1. The molecule has 0 radical (unpaired) electrons. The molecule has 0 spiro atoms. The van der Waals surface area contributed by atoms with E-state index in [1.165, 1.54) is 30.6 Å². The van der Waals surface area contributed by atoms with Crippen molar-refractivity contribution in [3.8, 4) is 27.3 Å². The molecule has 0 saturated heterocycles. The van der Waals surface area contributed by atoms with Crippen LogP contribution < -0.4 is 15.3 Å². The Morgan fingerprint density at radius 2 is 1.55 bits per heavy atom. The quantitative estimate of drug-likeness (QED) is 0.404. The Morgan fingerprint density at radius 3 is 2.13 bits per heavy atom. The van der Waals surface area contributed by atoms with Crippen LogP contribution in [0.3, 0.4) is 0 Å². The molecule has 0 atom stereocenters. The number of methoxy groups -OCH3 is 1. The number of hydrogen-bond acceptors (Lipinski definition) is 5. The average Bonchev–Trinajstić information content (AvgIpc) is 2.73. The third kappa shape index (κ3) is 4.07.